The van der Waals surface area contributed by atoms with E-state index in [2.05, 4.69) is 31.2 Å². The lowest BCUT2D eigenvalue weighted by atomic mass is 9.79. The van der Waals surface area contributed by atoms with Gasteiger partial charge in [0.15, 0.2) is 0 Å². The van der Waals surface area contributed by atoms with Crippen LogP contribution >= 0.6 is 0 Å². The molecule has 0 amide bonds. The van der Waals surface area contributed by atoms with Crippen molar-refractivity contribution >= 4 is 0 Å². The van der Waals surface area contributed by atoms with Gasteiger partial charge in [0.2, 0.25) is 0 Å². The van der Waals surface area contributed by atoms with Crippen molar-refractivity contribution in [2.45, 2.75) is 38.5 Å². The first kappa shape index (κ1) is 10.7. The van der Waals surface area contributed by atoms with Gasteiger partial charge in [-0.25, -0.2) is 0 Å². The third-order valence-electron chi connectivity index (χ3n) is 3.61. The van der Waals surface area contributed by atoms with E-state index >= 15 is 0 Å². The number of halogens is 1. The standard InChI is InChI=1S/C14H19F/c1-11-2-6-13(7-3-11)14-8-4-12(10-15)5-9-14/h2-3,6-7,12,14H,4-5,8-10H2,1H3/t12-,14+. The Morgan fingerprint density at radius 1 is 1.07 bits per heavy atom. The van der Waals surface area contributed by atoms with Crippen molar-refractivity contribution in [1.82, 2.24) is 0 Å². The highest BCUT2D eigenvalue weighted by Gasteiger charge is 2.21. The second-order valence-corrected chi connectivity index (χ2v) is 4.78. The summed E-state index contributed by atoms with van der Waals surface area (Å²) >= 11 is 0. The second kappa shape index (κ2) is 4.78. The van der Waals surface area contributed by atoms with Crippen LogP contribution in [0.15, 0.2) is 24.3 Å². The Labute approximate surface area is 91.5 Å². The van der Waals surface area contributed by atoms with Gasteiger partial charge in [0, 0.05) is 0 Å². The number of rotatable bonds is 2. The Morgan fingerprint density at radius 3 is 2.20 bits per heavy atom. The molecule has 0 radical (unpaired) electrons. The predicted octanol–water partition coefficient (Wildman–Crippen LogP) is 4.24. The molecule has 1 aliphatic rings. The molecule has 0 unspecified atom stereocenters. The number of aryl methyl sites for hydroxylation is 1. The number of hydrogen-bond donors (Lipinski definition) is 0. The van der Waals surface area contributed by atoms with E-state index in [1.807, 2.05) is 0 Å². The summed E-state index contributed by atoms with van der Waals surface area (Å²) in [4.78, 5) is 0. The van der Waals surface area contributed by atoms with Gasteiger partial charge in [-0.3, -0.25) is 4.39 Å². The summed E-state index contributed by atoms with van der Waals surface area (Å²) in [6.07, 6.45) is 4.46. The monoisotopic (exact) mass is 206 g/mol. The van der Waals surface area contributed by atoms with Gasteiger partial charge in [0.1, 0.15) is 0 Å². The molecule has 82 valence electrons. The van der Waals surface area contributed by atoms with Crippen LogP contribution in [0.4, 0.5) is 4.39 Å². The van der Waals surface area contributed by atoms with E-state index in [1.165, 1.54) is 11.1 Å². The van der Waals surface area contributed by atoms with Crippen LogP contribution in [0.5, 0.6) is 0 Å². The number of benzene rings is 1. The fourth-order valence-electron chi connectivity index (χ4n) is 2.49. The van der Waals surface area contributed by atoms with Crippen molar-refractivity contribution in [1.29, 1.82) is 0 Å². The first-order chi connectivity index (χ1) is 7.29. The molecule has 0 N–H and O–H groups in total. The highest BCUT2D eigenvalue weighted by Crippen LogP contribution is 2.35. The minimum atomic E-state index is -0.124. The predicted molar refractivity (Wildman–Crippen MR) is 61.9 cm³/mol. The first-order valence-corrected chi connectivity index (χ1v) is 5.92. The summed E-state index contributed by atoms with van der Waals surface area (Å²) in [6.45, 7) is 1.99. The summed E-state index contributed by atoms with van der Waals surface area (Å²) in [7, 11) is 0. The SMILES string of the molecule is Cc1ccc([C@H]2CC[C@@H](CF)CC2)cc1. The largest absolute Gasteiger partial charge is 0.251 e. The van der Waals surface area contributed by atoms with Gasteiger partial charge >= 0.3 is 0 Å². The Bertz CT molecular complexity index is 294. The summed E-state index contributed by atoms with van der Waals surface area (Å²) in [6, 6.07) is 8.82. The van der Waals surface area contributed by atoms with E-state index in [-0.39, 0.29) is 6.67 Å². The zero-order chi connectivity index (χ0) is 10.7. The molecule has 0 heterocycles. The second-order valence-electron chi connectivity index (χ2n) is 4.78. The lowest BCUT2D eigenvalue weighted by Crippen LogP contribution is -2.14. The molecule has 0 aromatic heterocycles. The number of hydrogen-bond acceptors (Lipinski definition) is 0. The molecule has 0 saturated heterocycles. The molecule has 0 nitrogen and oxygen atoms in total. The molecule has 1 fully saturated rings. The van der Waals surface area contributed by atoms with Crippen molar-refractivity contribution in [2.75, 3.05) is 6.67 Å². The average molecular weight is 206 g/mol. The van der Waals surface area contributed by atoms with Gasteiger partial charge in [-0.15, -0.1) is 0 Å². The normalized spacial score (nSPS) is 26.5. The van der Waals surface area contributed by atoms with Crippen LogP contribution in [-0.2, 0) is 0 Å². The van der Waals surface area contributed by atoms with Crippen molar-refractivity contribution in [3.8, 4) is 0 Å². The molecule has 1 heteroatoms. The van der Waals surface area contributed by atoms with Crippen LogP contribution in [-0.4, -0.2) is 6.67 Å². The van der Waals surface area contributed by atoms with Gasteiger partial charge in [0.25, 0.3) is 0 Å². The molecule has 15 heavy (non-hydrogen) atoms. The zero-order valence-electron chi connectivity index (χ0n) is 9.38. The summed E-state index contributed by atoms with van der Waals surface area (Å²) in [5.74, 6) is 1.01. The Kier molecular flexibility index (Phi) is 3.40. The van der Waals surface area contributed by atoms with Gasteiger partial charge < -0.3 is 0 Å². The van der Waals surface area contributed by atoms with E-state index < -0.39 is 0 Å². The topological polar surface area (TPSA) is 0 Å². The molecule has 1 saturated carbocycles. The lowest BCUT2D eigenvalue weighted by Gasteiger charge is -2.27. The van der Waals surface area contributed by atoms with Crippen LogP contribution in [0, 0.1) is 12.8 Å². The molecule has 2 rings (SSSR count). The van der Waals surface area contributed by atoms with Crippen LogP contribution in [0.25, 0.3) is 0 Å². The smallest absolute Gasteiger partial charge is 0.0922 e. The molecule has 1 aliphatic carbocycles. The maximum Gasteiger partial charge on any atom is 0.0922 e. The maximum atomic E-state index is 12.5. The lowest BCUT2D eigenvalue weighted by molar-refractivity contribution is 0.263. The minimum absolute atomic E-state index is 0.124. The Balaban J connectivity index is 1.98. The third-order valence-corrected chi connectivity index (χ3v) is 3.61. The van der Waals surface area contributed by atoms with E-state index in [4.69, 9.17) is 0 Å². The molecule has 0 aliphatic heterocycles. The van der Waals surface area contributed by atoms with Crippen molar-refractivity contribution < 1.29 is 4.39 Å². The van der Waals surface area contributed by atoms with E-state index in [0.29, 0.717) is 11.8 Å². The van der Waals surface area contributed by atoms with E-state index in [9.17, 15) is 4.39 Å². The van der Waals surface area contributed by atoms with E-state index in [1.54, 1.807) is 0 Å². The minimum Gasteiger partial charge on any atom is -0.251 e. The molecule has 0 bridgehead atoms. The highest BCUT2D eigenvalue weighted by molar-refractivity contribution is 5.24. The van der Waals surface area contributed by atoms with Crippen LogP contribution in [0.3, 0.4) is 0 Å². The van der Waals surface area contributed by atoms with Gasteiger partial charge in [-0.1, -0.05) is 29.8 Å². The third kappa shape index (κ3) is 2.58. The zero-order valence-corrected chi connectivity index (χ0v) is 9.38. The molecule has 0 spiro atoms. The van der Waals surface area contributed by atoms with Crippen molar-refractivity contribution in [3.63, 3.8) is 0 Å². The molecule has 1 aromatic carbocycles. The fraction of sp³-hybridized carbons (Fsp3) is 0.571. The van der Waals surface area contributed by atoms with Gasteiger partial charge in [0.05, 0.1) is 6.67 Å². The summed E-state index contributed by atoms with van der Waals surface area (Å²) < 4.78 is 12.5. The molecular formula is C14H19F. The van der Waals surface area contributed by atoms with Gasteiger partial charge in [-0.2, -0.15) is 0 Å². The fourth-order valence-corrected chi connectivity index (χ4v) is 2.49. The average Bonchev–Trinajstić information content (AvgIpc) is 2.30. The Morgan fingerprint density at radius 2 is 1.67 bits per heavy atom. The van der Waals surface area contributed by atoms with E-state index in [0.717, 1.165) is 25.7 Å². The molecule has 1 aromatic rings. The van der Waals surface area contributed by atoms with Crippen LogP contribution < -0.4 is 0 Å². The van der Waals surface area contributed by atoms with Crippen LogP contribution in [0.1, 0.15) is 42.7 Å². The van der Waals surface area contributed by atoms with Gasteiger partial charge in [-0.05, 0) is 50.0 Å². The maximum absolute atomic E-state index is 12.5. The molecule has 0 atom stereocenters. The van der Waals surface area contributed by atoms with Crippen LogP contribution in [0.2, 0.25) is 0 Å². The van der Waals surface area contributed by atoms with Crippen molar-refractivity contribution in [2.24, 2.45) is 5.92 Å². The molecular weight excluding hydrogens is 187 g/mol. The first-order valence-electron chi connectivity index (χ1n) is 5.92. The number of alkyl halides is 1. The quantitative estimate of drug-likeness (QED) is 0.679. The van der Waals surface area contributed by atoms with Crippen molar-refractivity contribution in [3.05, 3.63) is 35.4 Å². The Hall–Kier alpha value is -0.850. The highest BCUT2D eigenvalue weighted by atomic mass is 19.1. The summed E-state index contributed by atoms with van der Waals surface area (Å²) in [5, 5.41) is 0. The summed E-state index contributed by atoms with van der Waals surface area (Å²) in [5.41, 5.74) is 2.76.